The van der Waals surface area contributed by atoms with Crippen LogP contribution in [-0.4, -0.2) is 80.3 Å². The number of morpholine rings is 1. The number of benzene rings is 2. The van der Waals surface area contributed by atoms with E-state index in [2.05, 4.69) is 10.3 Å². The Kier molecular flexibility index (Phi) is 10.6. The van der Waals surface area contributed by atoms with Crippen molar-refractivity contribution in [2.75, 3.05) is 38.3 Å². The number of hydrogen-bond donors (Lipinski definition) is 1. The van der Waals surface area contributed by atoms with Gasteiger partial charge in [0, 0.05) is 25.8 Å². The molecule has 0 saturated carbocycles. The molecule has 1 aromatic heterocycles. The Bertz CT molecular complexity index is 1330. The normalized spacial score (nSPS) is 15.4. The number of sulfone groups is 1. The first-order chi connectivity index (χ1) is 18.8. The van der Waals surface area contributed by atoms with E-state index < -0.39 is 44.7 Å². The van der Waals surface area contributed by atoms with Gasteiger partial charge in [-0.3, -0.25) is 14.4 Å². The minimum atomic E-state index is -3.58. The molecule has 3 aromatic rings. The Morgan fingerprint density at radius 3 is 2.08 bits per heavy atom. The molecule has 0 spiro atoms. The van der Waals surface area contributed by atoms with E-state index in [0.717, 1.165) is 6.26 Å². The van der Waals surface area contributed by atoms with Crippen molar-refractivity contribution in [2.24, 2.45) is 11.3 Å². The zero-order valence-corrected chi connectivity index (χ0v) is 24.1. The number of carbonyl (C=O) groups excluding carboxylic acids is 3. The van der Waals surface area contributed by atoms with Gasteiger partial charge in [0.25, 0.3) is 5.89 Å². The van der Waals surface area contributed by atoms with Crippen LogP contribution in [0.25, 0.3) is 11.1 Å². The van der Waals surface area contributed by atoms with E-state index in [1.54, 1.807) is 49.9 Å². The number of nitrogens with zero attached hydrogens (tertiary/aromatic N) is 2. The van der Waals surface area contributed by atoms with E-state index in [4.69, 9.17) is 9.15 Å². The van der Waals surface area contributed by atoms with Gasteiger partial charge in [0.1, 0.15) is 21.4 Å². The molecule has 1 aliphatic heterocycles. The highest BCUT2D eigenvalue weighted by molar-refractivity contribution is 7.90. The van der Waals surface area contributed by atoms with E-state index in [-0.39, 0.29) is 18.2 Å². The van der Waals surface area contributed by atoms with Crippen molar-refractivity contribution in [1.29, 1.82) is 0 Å². The third-order valence-corrected chi connectivity index (χ3v) is 7.25. The summed E-state index contributed by atoms with van der Waals surface area (Å²) in [6.45, 7) is 6.84. The molecule has 40 heavy (non-hydrogen) atoms. The van der Waals surface area contributed by atoms with Gasteiger partial charge in [-0.2, -0.15) is 0 Å². The Morgan fingerprint density at radius 1 is 0.975 bits per heavy atom. The smallest absolute Gasteiger partial charge is 0.266 e. The molecule has 2 heterocycles. The Balaban J connectivity index is 0.000000649. The van der Waals surface area contributed by atoms with Crippen molar-refractivity contribution in [2.45, 2.75) is 33.2 Å². The van der Waals surface area contributed by atoms with Gasteiger partial charge in [-0.25, -0.2) is 13.4 Å². The standard InChI is InChI=1S/C23H31N3O7S.C6H6/c1-23(2,3)20(19(28)22-24-16-7-5-6-8-17(16)33-22)25-21(29)15(14-34(4,30)31)13-18(27)26-9-11-32-12-10-26;1-2-4-6-5-3-1/h5-8,15,20H,9-14H2,1-4H3,(H,25,29);1-6H/t15?,20-;/m1./s1. The number of carbonyl (C=O) groups is 3. The summed E-state index contributed by atoms with van der Waals surface area (Å²) in [6.07, 6.45) is 0.726. The van der Waals surface area contributed by atoms with Crippen LogP contribution in [0, 0.1) is 11.3 Å². The molecule has 2 aromatic carbocycles. The first kappa shape index (κ1) is 31.0. The number of hydrogen-bond acceptors (Lipinski definition) is 8. The summed E-state index contributed by atoms with van der Waals surface area (Å²) in [5.74, 6) is -3.35. The number of ether oxygens (including phenoxy) is 1. The molecule has 0 aliphatic carbocycles. The largest absolute Gasteiger partial charge is 0.434 e. The Morgan fingerprint density at radius 2 is 1.55 bits per heavy atom. The molecular weight excluding hydrogens is 534 g/mol. The van der Waals surface area contributed by atoms with Gasteiger partial charge in [0.15, 0.2) is 5.58 Å². The van der Waals surface area contributed by atoms with Gasteiger partial charge in [0.05, 0.1) is 24.9 Å². The van der Waals surface area contributed by atoms with Gasteiger partial charge in [-0.1, -0.05) is 69.3 Å². The van der Waals surface area contributed by atoms with Crippen LogP contribution >= 0.6 is 0 Å². The van der Waals surface area contributed by atoms with Crippen LogP contribution in [-0.2, 0) is 24.2 Å². The molecule has 0 bridgehead atoms. The summed E-state index contributed by atoms with van der Waals surface area (Å²) in [6, 6.07) is 17.9. The lowest BCUT2D eigenvalue weighted by atomic mass is 9.83. The molecule has 1 unspecified atom stereocenters. The van der Waals surface area contributed by atoms with Gasteiger partial charge in [-0.05, 0) is 17.5 Å². The average Bonchev–Trinajstić information content (AvgIpc) is 3.36. The maximum atomic E-state index is 13.3. The molecular formula is C29H37N3O7S. The van der Waals surface area contributed by atoms with Crippen LogP contribution < -0.4 is 5.32 Å². The summed E-state index contributed by atoms with van der Waals surface area (Å²) in [5.41, 5.74) is 0.212. The maximum absolute atomic E-state index is 13.3. The number of rotatable bonds is 8. The second-order valence-corrected chi connectivity index (χ2v) is 13.0. The van der Waals surface area contributed by atoms with Crippen molar-refractivity contribution in [3.8, 4) is 0 Å². The van der Waals surface area contributed by atoms with E-state index in [0.29, 0.717) is 37.4 Å². The number of fused-ring (bicyclic) bond motifs is 1. The molecule has 1 aliphatic rings. The van der Waals surface area contributed by atoms with Gasteiger partial charge in [0.2, 0.25) is 17.6 Å². The van der Waals surface area contributed by atoms with E-state index in [9.17, 15) is 22.8 Å². The minimum Gasteiger partial charge on any atom is -0.434 e. The van der Waals surface area contributed by atoms with Gasteiger partial charge >= 0.3 is 0 Å². The Labute approximate surface area is 235 Å². The maximum Gasteiger partial charge on any atom is 0.266 e. The van der Waals surface area contributed by atoms with Crippen LogP contribution in [0.1, 0.15) is 37.9 Å². The monoisotopic (exact) mass is 571 g/mol. The zero-order chi connectivity index (χ0) is 29.3. The minimum absolute atomic E-state index is 0.148. The average molecular weight is 572 g/mol. The third-order valence-electron chi connectivity index (χ3n) is 6.25. The molecule has 4 rings (SSSR count). The number of aromatic nitrogens is 1. The highest BCUT2D eigenvalue weighted by Crippen LogP contribution is 2.25. The predicted molar refractivity (Wildman–Crippen MR) is 151 cm³/mol. The molecule has 1 saturated heterocycles. The molecule has 10 nitrogen and oxygen atoms in total. The van der Waals surface area contributed by atoms with Gasteiger partial charge in [-0.15, -0.1) is 0 Å². The summed E-state index contributed by atoms with van der Waals surface area (Å²) in [7, 11) is -3.58. The quantitative estimate of drug-likeness (QED) is 0.408. The number of amides is 2. The molecule has 2 amide bonds. The highest BCUT2D eigenvalue weighted by atomic mass is 32.2. The fraction of sp³-hybridized carbons (Fsp3) is 0.448. The number of para-hydroxylation sites is 2. The summed E-state index contributed by atoms with van der Waals surface area (Å²) < 4.78 is 34.9. The summed E-state index contributed by atoms with van der Waals surface area (Å²) in [5, 5.41) is 2.68. The van der Waals surface area contributed by atoms with E-state index in [1.807, 2.05) is 36.4 Å². The van der Waals surface area contributed by atoms with Crippen molar-refractivity contribution in [3.63, 3.8) is 0 Å². The molecule has 2 atom stereocenters. The molecule has 1 fully saturated rings. The third kappa shape index (κ3) is 9.27. The zero-order valence-electron chi connectivity index (χ0n) is 23.3. The predicted octanol–water partition coefficient (Wildman–Crippen LogP) is 3.14. The first-order valence-electron chi connectivity index (χ1n) is 13.1. The fourth-order valence-corrected chi connectivity index (χ4v) is 5.17. The van der Waals surface area contributed by atoms with Gasteiger partial charge < -0.3 is 19.4 Å². The van der Waals surface area contributed by atoms with Crippen LogP contribution in [0.4, 0.5) is 0 Å². The summed E-state index contributed by atoms with van der Waals surface area (Å²) >= 11 is 0. The Hall–Kier alpha value is -3.57. The number of ketones is 1. The number of nitrogens with one attached hydrogen (secondary N) is 1. The number of oxazole rings is 1. The lowest BCUT2D eigenvalue weighted by Crippen LogP contribution is -2.52. The van der Waals surface area contributed by atoms with Crippen LogP contribution in [0.3, 0.4) is 0 Å². The molecule has 216 valence electrons. The topological polar surface area (TPSA) is 136 Å². The second-order valence-electron chi connectivity index (χ2n) is 10.8. The number of Topliss-reactive ketones (excluding diaryl/α,β-unsaturated/α-hetero) is 1. The molecule has 1 N–H and O–H groups in total. The van der Waals surface area contributed by atoms with Crippen molar-refractivity contribution in [3.05, 3.63) is 66.6 Å². The van der Waals surface area contributed by atoms with Crippen molar-refractivity contribution in [1.82, 2.24) is 15.2 Å². The fourth-order valence-electron chi connectivity index (χ4n) is 4.17. The second kappa shape index (κ2) is 13.7. The molecule has 11 heteroatoms. The summed E-state index contributed by atoms with van der Waals surface area (Å²) in [4.78, 5) is 45.1. The van der Waals surface area contributed by atoms with Crippen LogP contribution in [0.15, 0.2) is 65.1 Å². The lowest BCUT2D eigenvalue weighted by molar-refractivity contribution is -0.139. The van der Waals surface area contributed by atoms with E-state index >= 15 is 0 Å². The van der Waals surface area contributed by atoms with Crippen LogP contribution in [0.5, 0.6) is 0 Å². The first-order valence-corrected chi connectivity index (χ1v) is 15.1. The lowest BCUT2D eigenvalue weighted by Gasteiger charge is -2.31. The SMILES string of the molecule is CC(C)(C)[C@H](NC(=O)C(CC(=O)N1CCOCC1)CS(C)(=O)=O)C(=O)c1nc2ccccc2o1.c1ccccc1. The molecule has 0 radical (unpaired) electrons. The van der Waals surface area contributed by atoms with Crippen molar-refractivity contribution >= 4 is 38.5 Å². The van der Waals surface area contributed by atoms with E-state index in [1.165, 1.54) is 0 Å². The highest BCUT2D eigenvalue weighted by Gasteiger charge is 2.38. The van der Waals surface area contributed by atoms with Crippen molar-refractivity contribution < 1.29 is 32.0 Å². The van der Waals surface area contributed by atoms with Crippen LogP contribution in [0.2, 0.25) is 0 Å².